The Morgan fingerprint density at radius 1 is 1.15 bits per heavy atom. The third-order valence-electron chi connectivity index (χ3n) is 4.26. The summed E-state index contributed by atoms with van der Waals surface area (Å²) in [6.07, 6.45) is 8.19. The van der Waals surface area contributed by atoms with Crippen molar-refractivity contribution in [1.82, 2.24) is 0 Å². The van der Waals surface area contributed by atoms with E-state index in [1.807, 2.05) is 12.1 Å². The quantitative estimate of drug-likeness (QED) is 0.758. The van der Waals surface area contributed by atoms with Crippen LogP contribution in [0.25, 0.3) is 0 Å². The lowest BCUT2D eigenvalue weighted by Gasteiger charge is -2.20. The SMILES string of the molecule is O=C(CCC1CCCCC1)c1ccc(C2OCCO2)s1. The highest BCUT2D eigenvalue weighted by atomic mass is 32.1. The Kier molecular flexibility index (Phi) is 4.86. The van der Waals surface area contributed by atoms with E-state index in [1.54, 1.807) is 0 Å². The molecule has 1 saturated carbocycles. The van der Waals surface area contributed by atoms with Crippen molar-refractivity contribution in [2.45, 2.75) is 51.2 Å². The van der Waals surface area contributed by atoms with E-state index < -0.39 is 0 Å². The third-order valence-corrected chi connectivity index (χ3v) is 5.41. The van der Waals surface area contributed by atoms with Gasteiger partial charge in [-0.05, 0) is 24.5 Å². The highest BCUT2D eigenvalue weighted by Crippen LogP contribution is 2.32. The summed E-state index contributed by atoms with van der Waals surface area (Å²) in [5, 5.41) is 0. The van der Waals surface area contributed by atoms with E-state index in [0.717, 1.165) is 22.1 Å². The van der Waals surface area contributed by atoms with Gasteiger partial charge in [-0.3, -0.25) is 4.79 Å². The molecule has 1 saturated heterocycles. The summed E-state index contributed by atoms with van der Waals surface area (Å²) < 4.78 is 10.9. The number of hydrogen-bond acceptors (Lipinski definition) is 4. The summed E-state index contributed by atoms with van der Waals surface area (Å²) in [5.74, 6) is 1.05. The Morgan fingerprint density at radius 3 is 2.65 bits per heavy atom. The second kappa shape index (κ2) is 6.83. The molecule has 0 aromatic carbocycles. The van der Waals surface area contributed by atoms with Crippen LogP contribution in [0.1, 0.15) is 65.8 Å². The summed E-state index contributed by atoms with van der Waals surface area (Å²) in [5.41, 5.74) is 0. The Labute approximate surface area is 124 Å². The van der Waals surface area contributed by atoms with E-state index in [0.29, 0.717) is 19.6 Å². The van der Waals surface area contributed by atoms with Gasteiger partial charge < -0.3 is 9.47 Å². The molecule has 0 atom stereocenters. The van der Waals surface area contributed by atoms with Crippen LogP contribution in [0.3, 0.4) is 0 Å². The van der Waals surface area contributed by atoms with Gasteiger partial charge in [-0.25, -0.2) is 0 Å². The lowest BCUT2D eigenvalue weighted by atomic mass is 9.85. The number of ether oxygens (including phenoxy) is 2. The Morgan fingerprint density at radius 2 is 1.90 bits per heavy atom. The number of hydrogen-bond donors (Lipinski definition) is 0. The van der Waals surface area contributed by atoms with Gasteiger partial charge in [0.05, 0.1) is 23.0 Å². The maximum Gasteiger partial charge on any atom is 0.193 e. The zero-order valence-corrected chi connectivity index (χ0v) is 12.6. The topological polar surface area (TPSA) is 35.5 Å². The molecule has 1 aromatic rings. The molecule has 2 fully saturated rings. The van der Waals surface area contributed by atoms with Gasteiger partial charge in [-0.15, -0.1) is 11.3 Å². The molecule has 1 aliphatic heterocycles. The molecule has 2 heterocycles. The molecule has 1 aliphatic carbocycles. The highest BCUT2D eigenvalue weighted by Gasteiger charge is 2.22. The molecule has 0 radical (unpaired) electrons. The molecular weight excluding hydrogens is 272 g/mol. The average Bonchev–Trinajstić information content (AvgIpc) is 3.16. The molecule has 3 rings (SSSR count). The normalized spacial score (nSPS) is 21.4. The molecule has 2 aliphatic rings. The molecule has 3 nitrogen and oxygen atoms in total. The minimum absolute atomic E-state index is 0.250. The van der Waals surface area contributed by atoms with Crippen LogP contribution in [0.2, 0.25) is 0 Å². The van der Waals surface area contributed by atoms with Gasteiger partial charge in [-0.1, -0.05) is 32.1 Å². The van der Waals surface area contributed by atoms with Gasteiger partial charge in [0.1, 0.15) is 0 Å². The fourth-order valence-corrected chi connectivity index (χ4v) is 4.06. The maximum atomic E-state index is 12.2. The van der Waals surface area contributed by atoms with Crippen molar-refractivity contribution in [2.24, 2.45) is 5.92 Å². The van der Waals surface area contributed by atoms with Crippen LogP contribution in [0.5, 0.6) is 0 Å². The molecule has 0 spiro atoms. The maximum absolute atomic E-state index is 12.2. The van der Waals surface area contributed by atoms with Gasteiger partial charge in [0.15, 0.2) is 12.1 Å². The minimum atomic E-state index is -0.250. The lowest BCUT2D eigenvalue weighted by molar-refractivity contribution is -0.0413. The number of ketones is 1. The first-order valence-corrected chi connectivity index (χ1v) is 8.51. The van der Waals surface area contributed by atoms with E-state index in [4.69, 9.17) is 9.47 Å². The molecule has 0 bridgehead atoms. The van der Waals surface area contributed by atoms with Crippen LogP contribution in [-0.4, -0.2) is 19.0 Å². The largest absolute Gasteiger partial charge is 0.345 e. The first-order valence-electron chi connectivity index (χ1n) is 7.69. The lowest BCUT2D eigenvalue weighted by Crippen LogP contribution is -2.08. The van der Waals surface area contributed by atoms with E-state index in [1.165, 1.54) is 43.4 Å². The van der Waals surface area contributed by atoms with Crippen molar-refractivity contribution in [3.05, 3.63) is 21.9 Å². The van der Waals surface area contributed by atoms with Crippen molar-refractivity contribution in [2.75, 3.05) is 13.2 Å². The van der Waals surface area contributed by atoms with E-state index >= 15 is 0 Å². The van der Waals surface area contributed by atoms with Gasteiger partial charge in [-0.2, -0.15) is 0 Å². The fraction of sp³-hybridized carbons (Fsp3) is 0.688. The number of Topliss-reactive ketones (excluding diaryl/α,β-unsaturated/α-hetero) is 1. The number of thiophene rings is 1. The van der Waals surface area contributed by atoms with Crippen molar-refractivity contribution < 1.29 is 14.3 Å². The van der Waals surface area contributed by atoms with E-state index in [9.17, 15) is 4.79 Å². The molecule has 4 heteroatoms. The van der Waals surface area contributed by atoms with E-state index in [2.05, 4.69) is 0 Å². The number of carbonyl (C=O) groups excluding carboxylic acids is 1. The summed E-state index contributed by atoms with van der Waals surface area (Å²) in [6.45, 7) is 1.29. The highest BCUT2D eigenvalue weighted by molar-refractivity contribution is 7.14. The second-order valence-corrected chi connectivity index (χ2v) is 6.86. The van der Waals surface area contributed by atoms with Gasteiger partial charge >= 0.3 is 0 Å². The zero-order chi connectivity index (χ0) is 13.8. The Bertz CT molecular complexity index is 442. The third kappa shape index (κ3) is 3.48. The molecular formula is C16H22O3S. The zero-order valence-electron chi connectivity index (χ0n) is 11.8. The van der Waals surface area contributed by atoms with Crippen molar-refractivity contribution in [1.29, 1.82) is 0 Å². The molecule has 0 amide bonds. The van der Waals surface area contributed by atoms with Crippen LogP contribution < -0.4 is 0 Å². The smallest absolute Gasteiger partial charge is 0.193 e. The predicted octanol–water partition coefficient (Wildman–Crippen LogP) is 4.34. The molecule has 110 valence electrons. The standard InChI is InChI=1S/C16H22O3S/c17-13(7-6-12-4-2-1-3-5-12)14-8-9-15(20-14)16-18-10-11-19-16/h8-9,12,16H,1-7,10-11H2. The van der Waals surface area contributed by atoms with Crippen LogP contribution in [0.15, 0.2) is 12.1 Å². The van der Waals surface area contributed by atoms with Crippen molar-refractivity contribution in [3.63, 3.8) is 0 Å². The molecule has 20 heavy (non-hydrogen) atoms. The van der Waals surface area contributed by atoms with Crippen molar-refractivity contribution >= 4 is 17.1 Å². The summed E-state index contributed by atoms with van der Waals surface area (Å²) in [4.78, 5) is 14.1. The average molecular weight is 294 g/mol. The second-order valence-electron chi connectivity index (χ2n) is 5.74. The van der Waals surface area contributed by atoms with Gasteiger partial charge in [0.2, 0.25) is 0 Å². The van der Waals surface area contributed by atoms with Crippen molar-refractivity contribution in [3.8, 4) is 0 Å². The molecule has 0 N–H and O–H groups in total. The predicted molar refractivity (Wildman–Crippen MR) is 79.1 cm³/mol. The minimum Gasteiger partial charge on any atom is -0.345 e. The fourth-order valence-electron chi connectivity index (χ4n) is 3.09. The number of carbonyl (C=O) groups is 1. The summed E-state index contributed by atoms with van der Waals surface area (Å²) in [7, 11) is 0. The van der Waals surface area contributed by atoms with Gasteiger partial charge in [0.25, 0.3) is 0 Å². The first-order chi connectivity index (χ1) is 9.83. The first kappa shape index (κ1) is 14.2. The molecule has 0 unspecified atom stereocenters. The van der Waals surface area contributed by atoms with Gasteiger partial charge in [0, 0.05) is 6.42 Å². The van der Waals surface area contributed by atoms with E-state index in [-0.39, 0.29) is 12.1 Å². The number of rotatable bonds is 5. The molecule has 1 aromatic heterocycles. The Hall–Kier alpha value is -0.710. The van der Waals surface area contributed by atoms with Crippen LogP contribution >= 0.6 is 11.3 Å². The van der Waals surface area contributed by atoms with Crippen LogP contribution in [0.4, 0.5) is 0 Å². The summed E-state index contributed by atoms with van der Waals surface area (Å²) in [6, 6.07) is 3.89. The summed E-state index contributed by atoms with van der Waals surface area (Å²) >= 11 is 1.53. The van der Waals surface area contributed by atoms with Crippen LogP contribution in [-0.2, 0) is 9.47 Å². The monoisotopic (exact) mass is 294 g/mol. The van der Waals surface area contributed by atoms with Crippen LogP contribution in [0, 0.1) is 5.92 Å². The Balaban J connectivity index is 1.51.